The Kier molecular flexibility index (Phi) is 2.16. The fourth-order valence-electron chi connectivity index (χ4n) is 2.64. The highest BCUT2D eigenvalue weighted by atomic mass is 16.6. The van der Waals surface area contributed by atoms with Crippen LogP contribution in [0.2, 0.25) is 0 Å². The van der Waals surface area contributed by atoms with E-state index in [0.29, 0.717) is 0 Å². The van der Waals surface area contributed by atoms with E-state index in [-0.39, 0.29) is 11.7 Å². The third-order valence-corrected chi connectivity index (χ3v) is 3.64. The number of aliphatic hydroxyl groups is 1. The van der Waals surface area contributed by atoms with Crippen LogP contribution in [0.25, 0.3) is 0 Å². The monoisotopic (exact) mass is 184 g/mol. The normalized spacial score (nSPS) is 47.8. The average Bonchev–Trinajstić information content (AvgIpc) is 2.71. The predicted octanol–water partition coefficient (Wildman–Crippen LogP) is 2.25. The third-order valence-electron chi connectivity index (χ3n) is 3.64. The Labute approximate surface area is 80.3 Å². The topological polar surface area (TPSA) is 32.8 Å². The first-order valence-electron chi connectivity index (χ1n) is 5.51. The van der Waals surface area contributed by atoms with Crippen molar-refractivity contribution in [3.05, 3.63) is 0 Å². The van der Waals surface area contributed by atoms with Gasteiger partial charge in [-0.15, -0.1) is 0 Å². The molecule has 0 unspecified atom stereocenters. The molecule has 0 amide bonds. The lowest BCUT2D eigenvalue weighted by Crippen LogP contribution is -2.32. The van der Waals surface area contributed by atoms with Gasteiger partial charge in [0, 0.05) is 0 Å². The molecular weight excluding hydrogens is 164 g/mol. The van der Waals surface area contributed by atoms with E-state index in [1.165, 1.54) is 12.8 Å². The summed E-state index contributed by atoms with van der Waals surface area (Å²) >= 11 is 0. The van der Waals surface area contributed by atoms with E-state index in [9.17, 15) is 5.11 Å². The second-order valence-corrected chi connectivity index (χ2v) is 4.87. The van der Waals surface area contributed by atoms with Crippen LogP contribution in [0.15, 0.2) is 0 Å². The summed E-state index contributed by atoms with van der Waals surface area (Å²) in [6.45, 7) is 4.31. The number of fused-ring (bicyclic) bond motifs is 1. The number of epoxide rings is 1. The molecule has 0 radical (unpaired) electrons. The van der Waals surface area contributed by atoms with Crippen LogP contribution in [-0.2, 0) is 4.74 Å². The summed E-state index contributed by atoms with van der Waals surface area (Å²) in [4.78, 5) is 0. The molecule has 0 spiro atoms. The summed E-state index contributed by atoms with van der Waals surface area (Å²) in [6, 6.07) is 0. The zero-order valence-electron chi connectivity index (χ0n) is 8.68. The Morgan fingerprint density at radius 2 is 2.15 bits per heavy atom. The highest BCUT2D eigenvalue weighted by molar-refractivity contribution is 5.16. The molecule has 2 fully saturated rings. The van der Waals surface area contributed by atoms with Crippen LogP contribution in [0, 0.1) is 0 Å². The molecule has 1 saturated heterocycles. The molecular formula is C11H20O2. The molecule has 2 rings (SSSR count). The Hall–Kier alpha value is -0.0800. The van der Waals surface area contributed by atoms with Crippen molar-refractivity contribution in [3.63, 3.8) is 0 Å². The lowest BCUT2D eigenvalue weighted by molar-refractivity contribution is -0.00756. The number of hydrogen-bond donors (Lipinski definition) is 1. The van der Waals surface area contributed by atoms with Crippen LogP contribution < -0.4 is 0 Å². The maximum atomic E-state index is 10.3. The van der Waals surface area contributed by atoms with Crippen LogP contribution in [0.4, 0.5) is 0 Å². The first-order valence-corrected chi connectivity index (χ1v) is 5.51. The smallest absolute Gasteiger partial charge is 0.116 e. The quantitative estimate of drug-likeness (QED) is 0.537. The zero-order chi connectivity index (χ0) is 9.53. The van der Waals surface area contributed by atoms with Gasteiger partial charge in [0.25, 0.3) is 0 Å². The molecule has 1 aliphatic heterocycles. The Morgan fingerprint density at radius 3 is 2.62 bits per heavy atom. The van der Waals surface area contributed by atoms with Gasteiger partial charge in [-0.3, -0.25) is 0 Å². The second-order valence-electron chi connectivity index (χ2n) is 4.87. The van der Waals surface area contributed by atoms with Crippen LogP contribution in [0.1, 0.15) is 52.4 Å². The van der Waals surface area contributed by atoms with Crippen molar-refractivity contribution in [2.75, 3.05) is 0 Å². The molecule has 3 atom stereocenters. The Bertz CT molecular complexity index is 204. The van der Waals surface area contributed by atoms with E-state index >= 15 is 0 Å². The predicted molar refractivity (Wildman–Crippen MR) is 51.6 cm³/mol. The molecule has 2 aliphatic rings. The molecule has 76 valence electrons. The van der Waals surface area contributed by atoms with Gasteiger partial charge in [0.2, 0.25) is 0 Å². The van der Waals surface area contributed by atoms with Gasteiger partial charge < -0.3 is 9.84 Å². The third kappa shape index (κ3) is 1.50. The second kappa shape index (κ2) is 2.96. The number of ether oxygens (including phenoxy) is 1. The molecule has 1 saturated carbocycles. The molecule has 13 heavy (non-hydrogen) atoms. The molecule has 1 aliphatic carbocycles. The Morgan fingerprint density at radius 1 is 1.38 bits per heavy atom. The first-order chi connectivity index (χ1) is 6.11. The number of rotatable bonds is 4. The lowest BCUT2D eigenvalue weighted by Gasteiger charge is -2.22. The molecule has 0 aromatic rings. The van der Waals surface area contributed by atoms with Gasteiger partial charge in [-0.1, -0.05) is 26.2 Å². The van der Waals surface area contributed by atoms with E-state index in [2.05, 4.69) is 13.8 Å². The van der Waals surface area contributed by atoms with E-state index < -0.39 is 5.60 Å². The van der Waals surface area contributed by atoms with Crippen LogP contribution in [0.5, 0.6) is 0 Å². The van der Waals surface area contributed by atoms with Crippen molar-refractivity contribution in [1.82, 2.24) is 0 Å². The largest absolute Gasteiger partial charge is 0.387 e. The minimum atomic E-state index is -0.482. The van der Waals surface area contributed by atoms with Crippen LogP contribution in [0.3, 0.4) is 0 Å². The minimum Gasteiger partial charge on any atom is -0.387 e. The van der Waals surface area contributed by atoms with Gasteiger partial charge in [0.1, 0.15) is 6.10 Å². The van der Waals surface area contributed by atoms with Gasteiger partial charge in [-0.2, -0.15) is 0 Å². The first kappa shape index (κ1) is 9.47. The fourth-order valence-corrected chi connectivity index (χ4v) is 2.64. The summed E-state index contributed by atoms with van der Waals surface area (Å²) in [5, 5.41) is 10.3. The van der Waals surface area contributed by atoms with Gasteiger partial charge in [0.05, 0.1) is 11.2 Å². The molecule has 1 N–H and O–H groups in total. The average molecular weight is 184 g/mol. The molecule has 0 aromatic heterocycles. The van der Waals surface area contributed by atoms with Crippen LogP contribution in [-0.4, -0.2) is 22.4 Å². The van der Waals surface area contributed by atoms with E-state index in [0.717, 1.165) is 25.7 Å². The summed E-state index contributed by atoms with van der Waals surface area (Å²) in [5.74, 6) is 0. The van der Waals surface area contributed by atoms with Crippen molar-refractivity contribution in [2.45, 2.75) is 69.7 Å². The summed E-state index contributed by atoms with van der Waals surface area (Å²) in [7, 11) is 0. The maximum Gasteiger partial charge on any atom is 0.116 e. The standard InChI is InChI=1S/C11H20O2/c1-3-4-5-6-11(12)8-7-10(2)9(11)13-10/h9,12H,3-8H2,1-2H3/t9-,10-,11+/m1/s1. The number of unbranched alkanes of at least 4 members (excludes halogenated alkanes) is 2. The van der Waals surface area contributed by atoms with E-state index in [1.54, 1.807) is 0 Å². The van der Waals surface area contributed by atoms with Crippen molar-refractivity contribution >= 4 is 0 Å². The molecule has 0 bridgehead atoms. The van der Waals surface area contributed by atoms with Crippen molar-refractivity contribution < 1.29 is 9.84 Å². The maximum absolute atomic E-state index is 10.3. The van der Waals surface area contributed by atoms with Gasteiger partial charge >= 0.3 is 0 Å². The van der Waals surface area contributed by atoms with E-state index in [4.69, 9.17) is 4.74 Å². The van der Waals surface area contributed by atoms with Crippen LogP contribution >= 0.6 is 0 Å². The van der Waals surface area contributed by atoms with Crippen molar-refractivity contribution in [1.29, 1.82) is 0 Å². The fraction of sp³-hybridized carbons (Fsp3) is 1.00. The molecule has 2 heteroatoms. The lowest BCUT2D eigenvalue weighted by atomic mass is 9.93. The van der Waals surface area contributed by atoms with E-state index in [1.807, 2.05) is 0 Å². The molecule has 2 nitrogen and oxygen atoms in total. The SMILES string of the molecule is CCCCC[C@]1(O)CC[C@@]2(C)O[C@@H]12. The summed E-state index contributed by atoms with van der Waals surface area (Å²) < 4.78 is 5.54. The highest BCUT2D eigenvalue weighted by Gasteiger charge is 2.67. The van der Waals surface area contributed by atoms with Crippen molar-refractivity contribution in [2.24, 2.45) is 0 Å². The minimum absolute atomic E-state index is 0.0426. The highest BCUT2D eigenvalue weighted by Crippen LogP contribution is 2.56. The zero-order valence-corrected chi connectivity index (χ0v) is 8.68. The van der Waals surface area contributed by atoms with Gasteiger partial charge in [-0.05, 0) is 26.2 Å². The summed E-state index contributed by atoms with van der Waals surface area (Å²) in [6.07, 6.45) is 6.66. The molecule has 1 heterocycles. The summed E-state index contributed by atoms with van der Waals surface area (Å²) in [5.41, 5.74) is -0.440. The Balaban J connectivity index is 1.84. The van der Waals surface area contributed by atoms with Gasteiger partial charge in [0.15, 0.2) is 0 Å². The molecule has 0 aromatic carbocycles. The van der Waals surface area contributed by atoms with Crippen molar-refractivity contribution in [3.8, 4) is 0 Å². The van der Waals surface area contributed by atoms with Gasteiger partial charge in [-0.25, -0.2) is 0 Å². The number of hydrogen-bond acceptors (Lipinski definition) is 2.